The lowest BCUT2D eigenvalue weighted by Gasteiger charge is -2.00. The van der Waals surface area contributed by atoms with Crippen LogP contribution in [0.3, 0.4) is 0 Å². The first-order chi connectivity index (χ1) is 6.83. The van der Waals surface area contributed by atoms with Crippen LogP contribution in [0.4, 0.5) is 0 Å². The van der Waals surface area contributed by atoms with Crippen LogP contribution in [-0.4, -0.2) is 28.2 Å². The van der Waals surface area contributed by atoms with Crippen LogP contribution in [0.5, 0.6) is 0 Å². The van der Waals surface area contributed by atoms with Gasteiger partial charge in [-0.25, -0.2) is 4.98 Å². The topological polar surface area (TPSA) is 37.8 Å². The molecule has 0 spiro atoms. The zero-order valence-electron chi connectivity index (χ0n) is 8.75. The zero-order valence-corrected chi connectivity index (χ0v) is 10.4. The van der Waals surface area contributed by atoms with Crippen molar-refractivity contribution in [2.75, 3.05) is 18.8 Å². The highest BCUT2D eigenvalue weighted by molar-refractivity contribution is 8.00. The number of nitrogens with one attached hydrogen (secondary N) is 1. The van der Waals surface area contributed by atoms with Crippen molar-refractivity contribution in [3.8, 4) is 0 Å². The summed E-state index contributed by atoms with van der Waals surface area (Å²) in [5.41, 5.74) is 0. The lowest BCUT2D eigenvalue weighted by molar-refractivity contribution is 0.664. The number of nitrogens with zero attached hydrogens (tertiary/aromatic N) is 2. The van der Waals surface area contributed by atoms with E-state index in [4.69, 9.17) is 0 Å². The predicted octanol–water partition coefficient (Wildman–Crippen LogP) is 2.33. The number of thioether (sulfide) groups is 1. The highest BCUT2D eigenvalue weighted by Gasteiger charge is 1.99. The highest BCUT2D eigenvalue weighted by Crippen LogP contribution is 2.19. The minimum Gasteiger partial charge on any atom is -0.317 e. The van der Waals surface area contributed by atoms with Crippen molar-refractivity contribution < 1.29 is 0 Å². The summed E-state index contributed by atoms with van der Waals surface area (Å²) in [7, 11) is 0. The second kappa shape index (κ2) is 7.20. The fourth-order valence-corrected chi connectivity index (χ4v) is 2.65. The first-order valence-electron chi connectivity index (χ1n) is 4.96. The van der Waals surface area contributed by atoms with E-state index < -0.39 is 0 Å². The van der Waals surface area contributed by atoms with E-state index in [1.165, 1.54) is 24.4 Å². The van der Waals surface area contributed by atoms with Crippen LogP contribution in [0.15, 0.2) is 4.34 Å². The Morgan fingerprint density at radius 3 is 2.93 bits per heavy atom. The van der Waals surface area contributed by atoms with Crippen molar-refractivity contribution >= 4 is 23.3 Å². The van der Waals surface area contributed by atoms with Crippen molar-refractivity contribution in [3.05, 3.63) is 5.82 Å². The maximum Gasteiger partial charge on any atom is 0.170 e. The molecule has 1 rings (SSSR count). The average Bonchev–Trinajstić information content (AvgIpc) is 2.58. The van der Waals surface area contributed by atoms with E-state index in [9.17, 15) is 0 Å². The standard InChI is InChI=1S/C9H17N3S2/c1-3-5-10-6-4-7-13-9-11-8(2)12-14-9/h10H,3-7H2,1-2H3. The molecule has 1 aromatic heterocycles. The second-order valence-corrected chi connectivity index (χ2v) is 5.15. The van der Waals surface area contributed by atoms with Gasteiger partial charge in [0.2, 0.25) is 0 Å². The molecule has 0 saturated carbocycles. The lowest BCUT2D eigenvalue weighted by Crippen LogP contribution is -2.16. The molecule has 0 radical (unpaired) electrons. The van der Waals surface area contributed by atoms with Crippen LogP contribution in [0, 0.1) is 6.92 Å². The third-order valence-corrected chi connectivity index (χ3v) is 3.67. The van der Waals surface area contributed by atoms with Gasteiger partial charge in [-0.05, 0) is 44.4 Å². The van der Waals surface area contributed by atoms with Gasteiger partial charge in [0.25, 0.3) is 0 Å². The Balaban J connectivity index is 1.99. The van der Waals surface area contributed by atoms with Gasteiger partial charge in [-0.1, -0.05) is 18.7 Å². The van der Waals surface area contributed by atoms with E-state index in [0.29, 0.717) is 0 Å². The Kier molecular flexibility index (Phi) is 6.14. The van der Waals surface area contributed by atoms with Gasteiger partial charge in [-0.3, -0.25) is 0 Å². The third kappa shape index (κ3) is 4.93. The maximum atomic E-state index is 4.29. The van der Waals surface area contributed by atoms with E-state index in [2.05, 4.69) is 21.6 Å². The Labute approximate surface area is 93.9 Å². The highest BCUT2D eigenvalue weighted by atomic mass is 32.2. The zero-order chi connectivity index (χ0) is 10.2. The molecule has 0 amide bonds. The van der Waals surface area contributed by atoms with Crippen LogP contribution < -0.4 is 5.32 Å². The molecule has 0 bridgehead atoms. The summed E-state index contributed by atoms with van der Waals surface area (Å²) in [5.74, 6) is 2.02. The number of rotatable bonds is 7. The smallest absolute Gasteiger partial charge is 0.170 e. The van der Waals surface area contributed by atoms with Crippen molar-refractivity contribution in [2.24, 2.45) is 0 Å². The first kappa shape index (κ1) is 11.9. The minimum atomic E-state index is 0.890. The predicted molar refractivity (Wildman–Crippen MR) is 63.1 cm³/mol. The van der Waals surface area contributed by atoms with Crippen molar-refractivity contribution in [1.82, 2.24) is 14.7 Å². The average molecular weight is 231 g/mol. The summed E-state index contributed by atoms with van der Waals surface area (Å²) in [5, 5.41) is 3.38. The molecular formula is C9H17N3S2. The van der Waals surface area contributed by atoms with Crippen LogP contribution in [0.1, 0.15) is 25.6 Å². The van der Waals surface area contributed by atoms with Gasteiger partial charge in [0.05, 0.1) is 0 Å². The summed E-state index contributed by atoms with van der Waals surface area (Å²) in [4.78, 5) is 4.29. The fourth-order valence-electron chi connectivity index (χ4n) is 0.995. The largest absolute Gasteiger partial charge is 0.317 e. The molecule has 5 heteroatoms. The van der Waals surface area contributed by atoms with Crippen LogP contribution >= 0.6 is 23.3 Å². The number of aromatic nitrogens is 2. The Bertz CT molecular complexity index is 250. The van der Waals surface area contributed by atoms with Crippen molar-refractivity contribution in [3.63, 3.8) is 0 Å². The monoisotopic (exact) mass is 231 g/mol. The minimum absolute atomic E-state index is 0.890. The molecule has 0 saturated heterocycles. The summed E-state index contributed by atoms with van der Waals surface area (Å²) in [6.45, 7) is 6.36. The number of hydrogen-bond donors (Lipinski definition) is 1. The summed E-state index contributed by atoms with van der Waals surface area (Å²) in [6.07, 6.45) is 2.41. The molecular weight excluding hydrogens is 214 g/mol. The van der Waals surface area contributed by atoms with Crippen LogP contribution in [0.25, 0.3) is 0 Å². The van der Waals surface area contributed by atoms with Gasteiger partial charge in [-0.15, -0.1) is 0 Å². The summed E-state index contributed by atoms with van der Waals surface area (Å²) in [6, 6.07) is 0. The molecule has 1 N–H and O–H groups in total. The van der Waals surface area contributed by atoms with E-state index in [0.717, 1.165) is 29.0 Å². The van der Waals surface area contributed by atoms with Gasteiger partial charge in [0.15, 0.2) is 4.34 Å². The molecule has 0 aliphatic rings. The summed E-state index contributed by atoms with van der Waals surface area (Å²) >= 11 is 3.30. The molecule has 14 heavy (non-hydrogen) atoms. The molecule has 0 aliphatic carbocycles. The van der Waals surface area contributed by atoms with Gasteiger partial charge in [-0.2, -0.15) is 4.37 Å². The van der Waals surface area contributed by atoms with Crippen molar-refractivity contribution in [1.29, 1.82) is 0 Å². The fraction of sp³-hybridized carbons (Fsp3) is 0.778. The Morgan fingerprint density at radius 2 is 2.29 bits per heavy atom. The molecule has 0 unspecified atom stereocenters. The lowest BCUT2D eigenvalue weighted by atomic mass is 10.4. The molecule has 0 aromatic carbocycles. The molecule has 1 aromatic rings. The second-order valence-electron chi connectivity index (χ2n) is 3.06. The van der Waals surface area contributed by atoms with Gasteiger partial charge in [0, 0.05) is 5.75 Å². The normalized spacial score (nSPS) is 10.7. The van der Waals surface area contributed by atoms with Crippen LogP contribution in [-0.2, 0) is 0 Å². The number of aryl methyl sites for hydroxylation is 1. The van der Waals surface area contributed by atoms with E-state index in [1.807, 2.05) is 6.92 Å². The van der Waals surface area contributed by atoms with Crippen molar-refractivity contribution in [2.45, 2.75) is 31.0 Å². The van der Waals surface area contributed by atoms with Gasteiger partial charge < -0.3 is 5.32 Å². The summed E-state index contributed by atoms with van der Waals surface area (Å²) < 4.78 is 5.23. The molecule has 80 valence electrons. The van der Waals surface area contributed by atoms with E-state index >= 15 is 0 Å². The third-order valence-electron chi connectivity index (χ3n) is 1.66. The van der Waals surface area contributed by atoms with Crippen LogP contribution in [0.2, 0.25) is 0 Å². The number of hydrogen-bond acceptors (Lipinski definition) is 5. The van der Waals surface area contributed by atoms with Gasteiger partial charge >= 0.3 is 0 Å². The Morgan fingerprint density at radius 1 is 1.43 bits per heavy atom. The molecule has 0 fully saturated rings. The molecule has 0 aliphatic heterocycles. The SMILES string of the molecule is CCCNCCCSc1nc(C)ns1. The van der Waals surface area contributed by atoms with Gasteiger partial charge in [0.1, 0.15) is 5.82 Å². The molecule has 0 atom stereocenters. The molecule has 1 heterocycles. The quantitative estimate of drug-likeness (QED) is 0.577. The first-order valence-corrected chi connectivity index (χ1v) is 6.72. The van der Waals surface area contributed by atoms with E-state index in [-0.39, 0.29) is 0 Å². The maximum absolute atomic E-state index is 4.29. The Hall–Kier alpha value is -0.130. The van der Waals surface area contributed by atoms with E-state index in [1.54, 1.807) is 11.8 Å². The molecule has 3 nitrogen and oxygen atoms in total.